The fourth-order valence-corrected chi connectivity index (χ4v) is 2.92. The second-order valence-electron chi connectivity index (χ2n) is 4.23. The van der Waals surface area contributed by atoms with Crippen LogP contribution in [0.5, 0.6) is 0 Å². The van der Waals surface area contributed by atoms with E-state index in [2.05, 4.69) is 21.0 Å². The number of ether oxygens (including phenoxy) is 1. The van der Waals surface area contributed by atoms with Crippen molar-refractivity contribution >= 4 is 21.9 Å². The summed E-state index contributed by atoms with van der Waals surface area (Å²) in [7, 11) is 1.78. The molecule has 17 heavy (non-hydrogen) atoms. The monoisotopic (exact) mass is 302 g/mol. The molecule has 0 unspecified atom stereocenters. The lowest BCUT2D eigenvalue weighted by Crippen LogP contribution is -2.15. The zero-order valence-corrected chi connectivity index (χ0v) is 11.2. The zero-order chi connectivity index (χ0) is 12.4. The SMILES string of the molecule is Cn1nc(C2CCOCC2)c(Br)c1CC(=O)O. The Morgan fingerprint density at radius 2 is 2.24 bits per heavy atom. The Morgan fingerprint density at radius 1 is 1.59 bits per heavy atom. The molecule has 0 aromatic carbocycles. The molecule has 0 amide bonds. The molecule has 94 valence electrons. The molecule has 1 aromatic heterocycles. The Balaban J connectivity index is 2.26. The van der Waals surface area contributed by atoms with Crippen molar-refractivity contribution in [2.24, 2.45) is 7.05 Å². The molecule has 0 aliphatic carbocycles. The molecule has 1 aliphatic rings. The molecule has 1 aromatic rings. The van der Waals surface area contributed by atoms with Crippen LogP contribution in [0.25, 0.3) is 0 Å². The fourth-order valence-electron chi connectivity index (χ4n) is 2.12. The van der Waals surface area contributed by atoms with Gasteiger partial charge in [-0.2, -0.15) is 5.10 Å². The molecule has 1 fully saturated rings. The molecule has 1 aliphatic heterocycles. The Bertz CT molecular complexity index is 425. The highest BCUT2D eigenvalue weighted by Gasteiger charge is 2.24. The highest BCUT2D eigenvalue weighted by atomic mass is 79.9. The standard InChI is InChI=1S/C11H15BrN2O3/c1-14-8(6-9(15)16)10(12)11(13-14)7-2-4-17-5-3-7/h7H,2-6H2,1H3,(H,15,16). The van der Waals surface area contributed by atoms with Gasteiger partial charge in [0.25, 0.3) is 0 Å². The van der Waals surface area contributed by atoms with E-state index >= 15 is 0 Å². The molecule has 0 spiro atoms. The first-order chi connectivity index (χ1) is 8.09. The van der Waals surface area contributed by atoms with E-state index in [1.807, 2.05) is 0 Å². The third-order valence-electron chi connectivity index (χ3n) is 3.05. The molecule has 0 saturated carbocycles. The summed E-state index contributed by atoms with van der Waals surface area (Å²) in [5.74, 6) is -0.473. The van der Waals surface area contributed by atoms with Gasteiger partial charge in [0.15, 0.2) is 0 Å². The van der Waals surface area contributed by atoms with E-state index in [0.717, 1.165) is 41.9 Å². The van der Waals surface area contributed by atoms with Crippen LogP contribution in [0, 0.1) is 0 Å². The molecule has 6 heteroatoms. The highest BCUT2D eigenvalue weighted by molar-refractivity contribution is 9.10. The van der Waals surface area contributed by atoms with Gasteiger partial charge < -0.3 is 9.84 Å². The maximum atomic E-state index is 10.8. The average Bonchev–Trinajstić information content (AvgIpc) is 2.58. The predicted octanol–water partition coefficient (Wildman–Crippen LogP) is 1.70. The maximum absolute atomic E-state index is 10.8. The Hall–Kier alpha value is -0.880. The van der Waals surface area contributed by atoms with Gasteiger partial charge in [0, 0.05) is 26.2 Å². The van der Waals surface area contributed by atoms with E-state index in [1.54, 1.807) is 11.7 Å². The van der Waals surface area contributed by atoms with Gasteiger partial charge in [-0.05, 0) is 28.8 Å². The van der Waals surface area contributed by atoms with Crippen LogP contribution in [0.4, 0.5) is 0 Å². The van der Waals surface area contributed by atoms with Crippen LogP contribution in [0.15, 0.2) is 4.47 Å². The fraction of sp³-hybridized carbons (Fsp3) is 0.636. The van der Waals surface area contributed by atoms with E-state index in [9.17, 15) is 4.79 Å². The first kappa shape index (κ1) is 12.6. The summed E-state index contributed by atoms with van der Waals surface area (Å²) in [5, 5.41) is 13.3. The van der Waals surface area contributed by atoms with Gasteiger partial charge >= 0.3 is 5.97 Å². The van der Waals surface area contributed by atoms with Gasteiger partial charge in [-0.3, -0.25) is 9.48 Å². The van der Waals surface area contributed by atoms with Crippen molar-refractivity contribution in [1.29, 1.82) is 0 Å². The molecule has 0 atom stereocenters. The lowest BCUT2D eigenvalue weighted by atomic mass is 9.96. The molecule has 0 bridgehead atoms. The summed E-state index contributed by atoms with van der Waals surface area (Å²) in [5.41, 5.74) is 1.69. The molecule has 1 saturated heterocycles. The van der Waals surface area contributed by atoms with Crippen LogP contribution in [0.1, 0.15) is 30.1 Å². The first-order valence-electron chi connectivity index (χ1n) is 5.60. The molecule has 0 radical (unpaired) electrons. The Labute approximate surface area is 108 Å². The summed E-state index contributed by atoms with van der Waals surface area (Å²) < 4.78 is 7.82. The van der Waals surface area contributed by atoms with Crippen LogP contribution in [0.2, 0.25) is 0 Å². The third kappa shape index (κ3) is 2.69. The summed E-state index contributed by atoms with van der Waals surface area (Å²) in [6.45, 7) is 1.50. The van der Waals surface area contributed by atoms with Crippen molar-refractivity contribution in [2.75, 3.05) is 13.2 Å². The predicted molar refractivity (Wildman–Crippen MR) is 65.0 cm³/mol. The van der Waals surface area contributed by atoms with Crippen molar-refractivity contribution in [1.82, 2.24) is 9.78 Å². The molecular formula is C11H15BrN2O3. The second kappa shape index (κ2) is 5.18. The number of carboxylic acid groups (broad SMARTS) is 1. The number of nitrogens with zero attached hydrogens (tertiary/aromatic N) is 2. The smallest absolute Gasteiger partial charge is 0.309 e. The number of hydrogen-bond donors (Lipinski definition) is 1. The number of aromatic nitrogens is 2. The van der Waals surface area contributed by atoms with Crippen LogP contribution >= 0.6 is 15.9 Å². The van der Waals surface area contributed by atoms with Crippen molar-refractivity contribution in [3.63, 3.8) is 0 Å². The van der Waals surface area contributed by atoms with Gasteiger partial charge in [-0.25, -0.2) is 0 Å². The van der Waals surface area contributed by atoms with Crippen LogP contribution in [-0.2, 0) is 23.0 Å². The van der Waals surface area contributed by atoms with E-state index in [1.165, 1.54) is 0 Å². The van der Waals surface area contributed by atoms with Crippen molar-refractivity contribution in [3.8, 4) is 0 Å². The van der Waals surface area contributed by atoms with E-state index < -0.39 is 5.97 Å². The van der Waals surface area contributed by atoms with Crippen LogP contribution in [-0.4, -0.2) is 34.1 Å². The van der Waals surface area contributed by atoms with Crippen LogP contribution in [0.3, 0.4) is 0 Å². The lowest BCUT2D eigenvalue weighted by Gasteiger charge is -2.20. The highest BCUT2D eigenvalue weighted by Crippen LogP contribution is 2.33. The molecule has 2 heterocycles. The Morgan fingerprint density at radius 3 is 2.82 bits per heavy atom. The van der Waals surface area contributed by atoms with E-state index in [-0.39, 0.29) is 6.42 Å². The van der Waals surface area contributed by atoms with Crippen LogP contribution < -0.4 is 0 Å². The topological polar surface area (TPSA) is 64.4 Å². The van der Waals surface area contributed by atoms with Gasteiger partial charge in [0.2, 0.25) is 0 Å². The number of aliphatic carboxylic acids is 1. The average molecular weight is 303 g/mol. The third-order valence-corrected chi connectivity index (χ3v) is 3.92. The van der Waals surface area contributed by atoms with E-state index in [4.69, 9.17) is 9.84 Å². The number of aryl methyl sites for hydroxylation is 1. The lowest BCUT2D eigenvalue weighted by molar-refractivity contribution is -0.136. The minimum absolute atomic E-state index is 0.00664. The quantitative estimate of drug-likeness (QED) is 0.923. The zero-order valence-electron chi connectivity index (χ0n) is 9.65. The Kier molecular flexibility index (Phi) is 3.83. The van der Waals surface area contributed by atoms with Crippen molar-refractivity contribution in [2.45, 2.75) is 25.2 Å². The van der Waals surface area contributed by atoms with Gasteiger partial charge in [-0.1, -0.05) is 0 Å². The summed E-state index contributed by atoms with van der Waals surface area (Å²) in [6, 6.07) is 0. The molecule has 5 nitrogen and oxygen atoms in total. The van der Waals surface area contributed by atoms with Crippen molar-refractivity contribution < 1.29 is 14.6 Å². The number of carboxylic acids is 1. The minimum Gasteiger partial charge on any atom is -0.481 e. The largest absolute Gasteiger partial charge is 0.481 e. The molecular weight excluding hydrogens is 288 g/mol. The maximum Gasteiger partial charge on any atom is 0.309 e. The number of halogens is 1. The van der Waals surface area contributed by atoms with Gasteiger partial charge in [0.05, 0.1) is 22.3 Å². The van der Waals surface area contributed by atoms with Crippen molar-refractivity contribution in [3.05, 3.63) is 15.9 Å². The number of hydrogen-bond acceptors (Lipinski definition) is 3. The van der Waals surface area contributed by atoms with Gasteiger partial charge in [0.1, 0.15) is 0 Å². The molecule has 1 N–H and O–H groups in total. The van der Waals surface area contributed by atoms with Gasteiger partial charge in [-0.15, -0.1) is 0 Å². The summed E-state index contributed by atoms with van der Waals surface area (Å²) in [4.78, 5) is 10.8. The first-order valence-corrected chi connectivity index (χ1v) is 6.39. The second-order valence-corrected chi connectivity index (χ2v) is 5.02. The van der Waals surface area contributed by atoms with E-state index in [0.29, 0.717) is 5.92 Å². The number of rotatable bonds is 3. The summed E-state index contributed by atoms with van der Waals surface area (Å²) in [6.07, 6.45) is 1.89. The number of carbonyl (C=O) groups is 1. The normalized spacial score (nSPS) is 17.3. The molecule has 2 rings (SSSR count). The minimum atomic E-state index is -0.841. The summed E-state index contributed by atoms with van der Waals surface area (Å²) >= 11 is 3.48.